The van der Waals surface area contributed by atoms with Gasteiger partial charge in [0, 0.05) is 38.6 Å². The first-order chi connectivity index (χ1) is 33.8. The van der Waals surface area contributed by atoms with Crippen LogP contribution in [-0.4, -0.2) is 8.07 Å². The summed E-state index contributed by atoms with van der Waals surface area (Å²) in [5, 5.41) is 3.01. The fourth-order valence-corrected chi connectivity index (χ4v) is 16.0. The zero-order valence-corrected chi connectivity index (χ0v) is 41.0. The van der Waals surface area contributed by atoms with Crippen LogP contribution in [0, 0.1) is 0 Å². The molecule has 1 atom stereocenters. The van der Waals surface area contributed by atoms with Gasteiger partial charge in [-0.3, -0.25) is 0 Å². The summed E-state index contributed by atoms with van der Waals surface area (Å²) in [5.41, 5.74) is 21.8. The molecule has 3 aliphatic carbocycles. The van der Waals surface area contributed by atoms with Gasteiger partial charge in [-0.25, -0.2) is 0 Å². The molecule has 69 heavy (non-hydrogen) atoms. The van der Waals surface area contributed by atoms with Gasteiger partial charge >= 0.3 is 0 Å². The van der Waals surface area contributed by atoms with E-state index < -0.39 is 13.5 Å². The average molecular weight is 965 g/mol. The highest BCUT2D eigenvalue weighted by Crippen LogP contribution is 2.63. The van der Waals surface area contributed by atoms with Crippen LogP contribution in [-0.2, 0) is 5.41 Å². The summed E-state index contributed by atoms with van der Waals surface area (Å²) in [6, 6.07) is 74.7. The van der Waals surface area contributed by atoms with Gasteiger partial charge in [0.2, 0.25) is 0 Å². The van der Waals surface area contributed by atoms with Gasteiger partial charge in [0.1, 0.15) is 19.6 Å². The summed E-state index contributed by atoms with van der Waals surface area (Å²) in [5.74, 6) is 2.09. The molecule has 2 heterocycles. The number of para-hydroxylation sites is 2. The zero-order chi connectivity index (χ0) is 46.0. The van der Waals surface area contributed by atoms with Gasteiger partial charge in [0.25, 0.3) is 0 Å². The Labute approximate surface area is 413 Å². The molecule has 328 valence electrons. The van der Waals surface area contributed by atoms with Crippen molar-refractivity contribution in [1.29, 1.82) is 0 Å². The average Bonchev–Trinajstić information content (AvgIpc) is 3.80. The molecule has 5 aliphatic rings. The third-order valence-electron chi connectivity index (χ3n) is 15.7. The van der Waals surface area contributed by atoms with E-state index in [1.54, 1.807) is 0 Å². The number of anilines is 2. The summed E-state index contributed by atoms with van der Waals surface area (Å²) in [4.78, 5) is 2.55. The minimum Gasteiger partial charge on any atom is -0.457 e. The molecule has 0 saturated carbocycles. The van der Waals surface area contributed by atoms with E-state index in [1.807, 2.05) is 0 Å². The summed E-state index contributed by atoms with van der Waals surface area (Å²) < 4.78 is 7.97. The van der Waals surface area contributed by atoms with Gasteiger partial charge < -0.3 is 9.64 Å². The number of benzene rings is 9. The Balaban J connectivity index is 0.989. The van der Waals surface area contributed by atoms with E-state index in [2.05, 4.69) is 258 Å². The Kier molecular flexibility index (Phi) is 8.96. The molecule has 0 aromatic heterocycles. The Morgan fingerprint density at radius 3 is 1.93 bits per heavy atom. The Bertz CT molecular complexity index is 3700. The number of nitrogens with zero attached hydrogens (tertiary/aromatic N) is 1. The minimum atomic E-state index is -2.00. The van der Waals surface area contributed by atoms with Gasteiger partial charge in [-0.05, 0) is 156 Å². The summed E-state index contributed by atoms with van der Waals surface area (Å²) in [6.45, 7) is 5.03. The maximum atomic E-state index is 6.85. The third-order valence-corrected chi connectivity index (χ3v) is 19.8. The second-order valence-corrected chi connectivity index (χ2v) is 24.9. The molecule has 2 aliphatic heterocycles. The monoisotopic (exact) mass is 963 g/mol. The van der Waals surface area contributed by atoms with Crippen LogP contribution in [0.3, 0.4) is 0 Å². The van der Waals surface area contributed by atoms with Gasteiger partial charge in [-0.2, -0.15) is 0 Å². The standard InChI is InChI=1S/C65H46BrNOSi/c1-69(2)63-22-11-6-17-55(63)56-34-29-50(40-64(56)69)67(48-27-32-52-46(37-48)24-23-45-36-47(66)26-31-51(45)52)49-28-33-54-53-30-25-44(43-16-12-15-42(35-43)41-13-4-3-5-14-41)38-59(53)65(60(54)39-49)57-18-7-9-20-61(57)68-62-21-10-8-19-58(62)65/h3-31,33-40,52H,32H2,1-2H3. The van der Waals surface area contributed by atoms with Crippen LogP contribution in [0.25, 0.3) is 50.6 Å². The lowest BCUT2D eigenvalue weighted by Gasteiger charge is -2.40. The number of halogens is 1. The molecule has 0 bridgehead atoms. The van der Waals surface area contributed by atoms with Crippen LogP contribution in [0.5, 0.6) is 11.5 Å². The second-order valence-electron chi connectivity index (χ2n) is 19.7. The largest absolute Gasteiger partial charge is 0.457 e. The van der Waals surface area contributed by atoms with E-state index >= 15 is 0 Å². The third kappa shape index (κ3) is 6.02. The molecule has 0 fully saturated rings. The van der Waals surface area contributed by atoms with Crippen molar-refractivity contribution in [2.24, 2.45) is 0 Å². The van der Waals surface area contributed by atoms with Gasteiger partial charge in [-0.15, -0.1) is 0 Å². The number of fused-ring (bicyclic) bond motifs is 15. The maximum absolute atomic E-state index is 6.85. The van der Waals surface area contributed by atoms with E-state index in [1.165, 1.54) is 94.1 Å². The highest BCUT2D eigenvalue weighted by atomic mass is 79.9. The molecule has 9 aromatic carbocycles. The first-order valence-corrected chi connectivity index (χ1v) is 27.9. The van der Waals surface area contributed by atoms with Crippen LogP contribution in [0.1, 0.15) is 45.7 Å². The SMILES string of the molecule is C[Si]1(C)c2ccccc2-c2ccc(N(C3=CCC4C(=C3)C=Cc3cc(Br)ccc34)c3ccc4c(c3)C3(c5ccccc5Oc5ccccc53)c3cc(-c5cccc(-c6ccccc6)c5)ccc3-4)cc21. The molecular weight excluding hydrogens is 919 g/mol. The molecule has 2 nitrogen and oxygen atoms in total. The molecule has 9 aromatic rings. The van der Waals surface area contributed by atoms with Crippen molar-refractivity contribution in [2.75, 3.05) is 4.90 Å². The van der Waals surface area contributed by atoms with E-state index in [9.17, 15) is 0 Å². The van der Waals surface area contributed by atoms with Crippen LogP contribution >= 0.6 is 15.9 Å². The van der Waals surface area contributed by atoms with Crippen LogP contribution in [0.4, 0.5) is 11.4 Å². The van der Waals surface area contributed by atoms with Crippen molar-refractivity contribution >= 4 is 51.8 Å². The number of hydrogen-bond acceptors (Lipinski definition) is 2. The molecule has 14 rings (SSSR count). The van der Waals surface area contributed by atoms with Crippen molar-refractivity contribution in [1.82, 2.24) is 0 Å². The van der Waals surface area contributed by atoms with Crippen molar-refractivity contribution < 1.29 is 4.74 Å². The normalized spacial score (nSPS) is 16.6. The minimum absolute atomic E-state index is 0.306. The molecule has 1 spiro atoms. The number of rotatable bonds is 5. The lowest BCUT2D eigenvalue weighted by molar-refractivity contribution is 0.436. The molecule has 1 unspecified atom stereocenters. The van der Waals surface area contributed by atoms with E-state index in [0.717, 1.165) is 39.2 Å². The molecular formula is C65H46BrNOSi. The van der Waals surface area contributed by atoms with Crippen molar-refractivity contribution in [2.45, 2.75) is 30.8 Å². The number of allylic oxidation sites excluding steroid dienone is 4. The number of ether oxygens (including phenoxy) is 1. The van der Waals surface area contributed by atoms with Crippen molar-refractivity contribution in [3.8, 4) is 56.0 Å². The first kappa shape index (κ1) is 40.6. The van der Waals surface area contributed by atoms with Crippen LogP contribution in [0.15, 0.2) is 234 Å². The topological polar surface area (TPSA) is 12.5 Å². The molecule has 0 saturated heterocycles. The van der Waals surface area contributed by atoms with Crippen molar-refractivity contribution in [3.05, 3.63) is 268 Å². The maximum Gasteiger partial charge on any atom is 0.132 e. The summed E-state index contributed by atoms with van der Waals surface area (Å²) >= 11 is 3.73. The molecule has 4 heteroatoms. The predicted molar refractivity (Wildman–Crippen MR) is 292 cm³/mol. The second kappa shape index (κ2) is 15.3. The van der Waals surface area contributed by atoms with Gasteiger partial charge in [0.05, 0.1) is 5.41 Å². The first-order valence-electron chi connectivity index (χ1n) is 24.1. The van der Waals surface area contributed by atoms with Gasteiger partial charge in [-0.1, -0.05) is 187 Å². The number of hydrogen-bond donors (Lipinski definition) is 0. The van der Waals surface area contributed by atoms with Gasteiger partial charge in [0.15, 0.2) is 0 Å². The fourth-order valence-electron chi connectivity index (χ4n) is 12.5. The van der Waals surface area contributed by atoms with E-state index in [0.29, 0.717) is 5.92 Å². The lowest BCUT2D eigenvalue weighted by Crippen LogP contribution is -2.49. The summed E-state index contributed by atoms with van der Waals surface area (Å²) in [7, 11) is -2.00. The molecule has 0 amide bonds. The zero-order valence-electron chi connectivity index (χ0n) is 38.4. The fraction of sp³-hybridized carbons (Fsp3) is 0.0769. The highest BCUT2D eigenvalue weighted by molar-refractivity contribution is 9.10. The highest BCUT2D eigenvalue weighted by Gasteiger charge is 2.51. The van der Waals surface area contributed by atoms with E-state index in [-0.39, 0.29) is 0 Å². The smallest absolute Gasteiger partial charge is 0.132 e. The molecule has 0 radical (unpaired) electrons. The quantitative estimate of drug-likeness (QED) is 0.159. The Morgan fingerprint density at radius 1 is 0.507 bits per heavy atom. The Morgan fingerprint density at radius 2 is 1.13 bits per heavy atom. The predicted octanol–water partition coefficient (Wildman–Crippen LogP) is 16.2. The van der Waals surface area contributed by atoms with E-state index in [4.69, 9.17) is 4.74 Å². The summed E-state index contributed by atoms with van der Waals surface area (Å²) in [6.07, 6.45) is 10.5. The van der Waals surface area contributed by atoms with Crippen LogP contribution in [0.2, 0.25) is 13.1 Å². The molecule has 0 N–H and O–H groups in total. The van der Waals surface area contributed by atoms with Crippen molar-refractivity contribution in [3.63, 3.8) is 0 Å². The van der Waals surface area contributed by atoms with Crippen LogP contribution < -0.4 is 20.0 Å². The lowest BCUT2D eigenvalue weighted by atomic mass is 9.66. The Hall–Kier alpha value is -7.50.